The van der Waals surface area contributed by atoms with Crippen molar-refractivity contribution in [2.45, 2.75) is 64.6 Å². The zero-order valence-electron chi connectivity index (χ0n) is 25.7. The van der Waals surface area contributed by atoms with Gasteiger partial charge in [0.05, 0.1) is 6.67 Å². The van der Waals surface area contributed by atoms with Gasteiger partial charge in [0, 0.05) is 35.8 Å². The molecule has 4 nitrogen and oxygen atoms in total. The largest absolute Gasteiger partial charge is 0.489 e. The van der Waals surface area contributed by atoms with Crippen LogP contribution in [0.3, 0.4) is 0 Å². The Morgan fingerprint density at radius 1 is 1.02 bits per heavy atom. The molecule has 0 spiro atoms. The van der Waals surface area contributed by atoms with Gasteiger partial charge in [-0.15, -0.1) is 0 Å². The molecule has 1 aliphatic heterocycles. The highest BCUT2D eigenvalue weighted by molar-refractivity contribution is 6.36. The maximum Gasteiger partial charge on any atom is 0.331 e. The summed E-state index contributed by atoms with van der Waals surface area (Å²) in [7, 11) is 0. The van der Waals surface area contributed by atoms with E-state index in [0.29, 0.717) is 16.5 Å². The Kier molecular flexibility index (Phi) is 10.5. The average molecular weight is 637 g/mol. The Labute approximate surface area is 270 Å². The molecule has 1 unspecified atom stereocenters. The fraction of sp³-hybridized carbons (Fsp3) is 0.378. The summed E-state index contributed by atoms with van der Waals surface area (Å²) in [6.45, 7) is 7.83. The molecule has 0 radical (unpaired) electrons. The van der Waals surface area contributed by atoms with Gasteiger partial charge in [-0.05, 0) is 122 Å². The number of fused-ring (bicyclic) bond motifs is 1. The second-order valence-electron chi connectivity index (χ2n) is 12.5. The number of allylic oxidation sites excluding steroid dienone is 1. The molecule has 0 saturated carbocycles. The summed E-state index contributed by atoms with van der Waals surface area (Å²) in [5.74, 6) is 0.467. The normalized spacial score (nSPS) is 17.5. The first-order valence-electron chi connectivity index (χ1n) is 15.4. The van der Waals surface area contributed by atoms with E-state index in [9.17, 15) is 9.18 Å². The van der Waals surface area contributed by atoms with Crippen molar-refractivity contribution in [2.24, 2.45) is 0 Å². The number of halogens is 3. The fourth-order valence-electron chi connectivity index (χ4n) is 6.02. The number of esters is 1. The highest BCUT2D eigenvalue weighted by Gasteiger charge is 2.25. The van der Waals surface area contributed by atoms with E-state index in [0.717, 1.165) is 78.9 Å². The van der Waals surface area contributed by atoms with E-state index in [-0.39, 0.29) is 18.7 Å². The number of likely N-dealkylation sites (tertiary alicyclic amines) is 1. The van der Waals surface area contributed by atoms with Crippen molar-refractivity contribution in [3.05, 3.63) is 105 Å². The number of hydrogen-bond acceptors (Lipinski definition) is 4. The zero-order valence-corrected chi connectivity index (χ0v) is 27.2. The number of rotatable bonds is 9. The summed E-state index contributed by atoms with van der Waals surface area (Å²) in [5.41, 5.74) is 7.13. The number of nitrogens with zero attached hydrogens (tertiary/aromatic N) is 1. The Morgan fingerprint density at radius 2 is 1.80 bits per heavy atom. The predicted molar refractivity (Wildman–Crippen MR) is 179 cm³/mol. The second-order valence-corrected chi connectivity index (χ2v) is 13.4. The Hall–Kier alpha value is -3.12. The predicted octanol–water partition coefficient (Wildman–Crippen LogP) is 9.46. The molecule has 3 aromatic carbocycles. The molecule has 5 rings (SSSR count). The van der Waals surface area contributed by atoms with Crippen molar-refractivity contribution >= 4 is 46.4 Å². The van der Waals surface area contributed by atoms with Crippen LogP contribution in [0.4, 0.5) is 4.39 Å². The lowest BCUT2D eigenvalue weighted by Crippen LogP contribution is -2.26. The summed E-state index contributed by atoms with van der Waals surface area (Å²) < 4.78 is 24.4. The van der Waals surface area contributed by atoms with Crippen LogP contribution in [0.2, 0.25) is 10.0 Å². The van der Waals surface area contributed by atoms with Crippen molar-refractivity contribution in [1.82, 2.24) is 4.90 Å². The van der Waals surface area contributed by atoms with Gasteiger partial charge in [0.25, 0.3) is 0 Å². The fourth-order valence-corrected chi connectivity index (χ4v) is 6.54. The van der Waals surface area contributed by atoms with Gasteiger partial charge in [-0.3, -0.25) is 9.29 Å². The van der Waals surface area contributed by atoms with Crippen LogP contribution >= 0.6 is 23.2 Å². The number of hydrogen-bond donors (Lipinski definition) is 0. The SMILES string of the molecule is CC(C)(C)OC(=O)/C=C/c1ccc2c(c1)CCCC(c1ccc(Cl)cc1Cl)=C2c1ccc(OC2CCN(CCCF)C2)cc1. The van der Waals surface area contributed by atoms with Crippen LogP contribution in [0.15, 0.2) is 66.7 Å². The molecular weight excluding hydrogens is 596 g/mol. The Morgan fingerprint density at radius 3 is 2.52 bits per heavy atom. The van der Waals surface area contributed by atoms with Crippen LogP contribution in [0.5, 0.6) is 5.75 Å². The van der Waals surface area contributed by atoms with E-state index in [4.69, 9.17) is 32.7 Å². The van der Waals surface area contributed by atoms with Crippen molar-refractivity contribution < 1.29 is 18.7 Å². The van der Waals surface area contributed by atoms with E-state index in [1.54, 1.807) is 6.07 Å². The molecule has 1 fully saturated rings. The maximum atomic E-state index is 12.6. The highest BCUT2D eigenvalue weighted by Crippen LogP contribution is 2.43. The van der Waals surface area contributed by atoms with E-state index >= 15 is 0 Å². The van der Waals surface area contributed by atoms with Gasteiger partial charge in [0.2, 0.25) is 0 Å². The molecule has 3 aromatic rings. The summed E-state index contributed by atoms with van der Waals surface area (Å²) in [6.07, 6.45) is 7.61. The third-order valence-electron chi connectivity index (χ3n) is 7.93. The minimum Gasteiger partial charge on any atom is -0.489 e. The molecule has 44 heavy (non-hydrogen) atoms. The zero-order chi connectivity index (χ0) is 31.3. The van der Waals surface area contributed by atoms with Crippen LogP contribution in [0.25, 0.3) is 17.2 Å². The van der Waals surface area contributed by atoms with Crippen LogP contribution in [-0.4, -0.2) is 48.9 Å². The van der Waals surface area contributed by atoms with Gasteiger partial charge in [-0.2, -0.15) is 0 Å². The molecule has 0 amide bonds. The maximum absolute atomic E-state index is 12.6. The molecule has 0 aromatic heterocycles. The minimum absolute atomic E-state index is 0.105. The molecule has 0 N–H and O–H groups in total. The first-order valence-corrected chi connectivity index (χ1v) is 16.1. The van der Waals surface area contributed by atoms with E-state index < -0.39 is 5.60 Å². The third-order valence-corrected chi connectivity index (χ3v) is 8.48. The molecule has 1 atom stereocenters. The van der Waals surface area contributed by atoms with Crippen molar-refractivity contribution in [1.29, 1.82) is 0 Å². The second kappa shape index (κ2) is 14.3. The van der Waals surface area contributed by atoms with Gasteiger partial charge in [-0.25, -0.2) is 4.79 Å². The highest BCUT2D eigenvalue weighted by atomic mass is 35.5. The lowest BCUT2D eigenvalue weighted by Gasteiger charge is -2.19. The summed E-state index contributed by atoms with van der Waals surface area (Å²) >= 11 is 13.1. The molecular formula is C37H40Cl2FNO3. The van der Waals surface area contributed by atoms with E-state index in [1.807, 2.05) is 57.2 Å². The molecule has 232 valence electrons. The van der Waals surface area contributed by atoms with Gasteiger partial charge >= 0.3 is 5.97 Å². The topological polar surface area (TPSA) is 38.8 Å². The van der Waals surface area contributed by atoms with Crippen LogP contribution in [0, 0.1) is 0 Å². The third kappa shape index (κ3) is 8.32. The number of alkyl halides is 1. The number of ether oxygens (including phenoxy) is 2. The van der Waals surface area contributed by atoms with Gasteiger partial charge < -0.3 is 9.47 Å². The number of carbonyl (C=O) groups excluding carboxylic acids is 1. The molecule has 2 aliphatic rings. The average Bonchev–Trinajstić information content (AvgIpc) is 3.33. The summed E-state index contributed by atoms with van der Waals surface area (Å²) in [6, 6.07) is 20.4. The lowest BCUT2D eigenvalue weighted by atomic mass is 9.87. The lowest BCUT2D eigenvalue weighted by molar-refractivity contribution is -0.148. The Bertz CT molecular complexity index is 1540. The number of carbonyl (C=O) groups is 1. The first kappa shape index (κ1) is 32.3. The van der Waals surface area contributed by atoms with Crippen molar-refractivity contribution in [3.63, 3.8) is 0 Å². The quantitative estimate of drug-likeness (QED) is 0.173. The summed E-state index contributed by atoms with van der Waals surface area (Å²) in [4.78, 5) is 14.6. The molecule has 1 saturated heterocycles. The van der Waals surface area contributed by atoms with Crippen LogP contribution < -0.4 is 4.74 Å². The number of aryl methyl sites for hydroxylation is 1. The monoisotopic (exact) mass is 635 g/mol. The van der Waals surface area contributed by atoms with Gasteiger partial charge in [-0.1, -0.05) is 59.6 Å². The first-order chi connectivity index (χ1) is 21.1. The standard InChI is InChI=1S/C37H40Cl2FNO3/c1-37(2,3)44-35(42)17-9-25-8-15-31-27(22-25)6-4-7-33(32-16-12-28(38)23-34(32)39)36(31)26-10-13-29(14-11-26)43-30-18-21-41(24-30)20-5-19-40/h8-17,22-23,30H,4-7,18-21,24H2,1-3H3/b17-9+. The minimum atomic E-state index is -0.539. The van der Waals surface area contributed by atoms with Crippen LogP contribution in [0.1, 0.15) is 74.3 Å². The van der Waals surface area contributed by atoms with E-state index in [2.05, 4.69) is 29.2 Å². The van der Waals surface area contributed by atoms with Crippen molar-refractivity contribution in [3.8, 4) is 5.75 Å². The van der Waals surface area contributed by atoms with Gasteiger partial charge in [0.1, 0.15) is 17.5 Å². The smallest absolute Gasteiger partial charge is 0.331 e. The van der Waals surface area contributed by atoms with Crippen LogP contribution in [-0.2, 0) is 16.0 Å². The van der Waals surface area contributed by atoms with E-state index in [1.165, 1.54) is 17.2 Å². The van der Waals surface area contributed by atoms with Crippen molar-refractivity contribution in [2.75, 3.05) is 26.3 Å². The Balaban J connectivity index is 1.47. The number of benzene rings is 3. The molecule has 1 aliphatic carbocycles. The molecule has 7 heteroatoms. The summed E-state index contributed by atoms with van der Waals surface area (Å²) in [5, 5.41) is 1.23. The molecule has 1 heterocycles. The van der Waals surface area contributed by atoms with Gasteiger partial charge in [0.15, 0.2) is 0 Å². The molecule has 0 bridgehead atoms.